The van der Waals surface area contributed by atoms with Crippen molar-refractivity contribution in [2.75, 3.05) is 0 Å². The number of hydrogen-bond donors (Lipinski definition) is 2. The van der Waals surface area contributed by atoms with Crippen LogP contribution in [0.1, 0.15) is 64.2 Å². The van der Waals surface area contributed by atoms with Gasteiger partial charge in [0, 0.05) is 12.5 Å². The largest absolute Gasteiger partial charge is 0.481 e. The molecule has 0 aromatic rings. The summed E-state index contributed by atoms with van der Waals surface area (Å²) in [7, 11) is 0. The van der Waals surface area contributed by atoms with Gasteiger partial charge in [-0.3, -0.25) is 9.59 Å². The maximum absolute atomic E-state index is 12.0. The molecular formula is C15H25NO3. The van der Waals surface area contributed by atoms with Crippen molar-refractivity contribution < 1.29 is 14.7 Å². The van der Waals surface area contributed by atoms with Crippen LogP contribution in [0.3, 0.4) is 0 Å². The Labute approximate surface area is 115 Å². The van der Waals surface area contributed by atoms with Gasteiger partial charge in [-0.15, -0.1) is 0 Å². The second-order valence-electron chi connectivity index (χ2n) is 6.17. The molecule has 2 fully saturated rings. The predicted octanol–water partition coefficient (Wildman–Crippen LogP) is 2.72. The first kappa shape index (κ1) is 14.4. The minimum atomic E-state index is -0.722. The number of carbonyl (C=O) groups is 2. The molecule has 2 atom stereocenters. The van der Waals surface area contributed by atoms with Gasteiger partial charge in [-0.25, -0.2) is 0 Å². The van der Waals surface area contributed by atoms with Crippen LogP contribution in [0.15, 0.2) is 0 Å². The van der Waals surface area contributed by atoms with E-state index >= 15 is 0 Å². The molecule has 4 nitrogen and oxygen atoms in total. The van der Waals surface area contributed by atoms with Gasteiger partial charge in [0.25, 0.3) is 0 Å². The monoisotopic (exact) mass is 267 g/mol. The molecule has 108 valence electrons. The third kappa shape index (κ3) is 4.51. The molecule has 0 aromatic heterocycles. The lowest BCUT2D eigenvalue weighted by atomic mass is 9.96. The fraction of sp³-hybridized carbons (Fsp3) is 0.867. The SMILES string of the molecule is O=C(CC1CCCCCC1)N[C@H]1CC[C@@H](C(=O)O)C1. The second kappa shape index (κ2) is 6.92. The number of aliphatic carboxylic acids is 1. The van der Waals surface area contributed by atoms with Crippen LogP contribution in [0.4, 0.5) is 0 Å². The molecule has 0 aromatic carbocycles. The molecule has 2 aliphatic rings. The Kier molecular flexibility index (Phi) is 5.23. The van der Waals surface area contributed by atoms with Gasteiger partial charge in [-0.2, -0.15) is 0 Å². The molecule has 0 spiro atoms. The van der Waals surface area contributed by atoms with Crippen LogP contribution in [0.25, 0.3) is 0 Å². The van der Waals surface area contributed by atoms with E-state index in [-0.39, 0.29) is 17.9 Å². The lowest BCUT2D eigenvalue weighted by Crippen LogP contribution is -2.34. The van der Waals surface area contributed by atoms with E-state index in [4.69, 9.17) is 5.11 Å². The van der Waals surface area contributed by atoms with Crippen molar-refractivity contribution in [1.29, 1.82) is 0 Å². The van der Waals surface area contributed by atoms with Crippen molar-refractivity contribution in [2.24, 2.45) is 11.8 Å². The van der Waals surface area contributed by atoms with Crippen LogP contribution in [0.5, 0.6) is 0 Å². The Hall–Kier alpha value is -1.06. The van der Waals surface area contributed by atoms with Gasteiger partial charge in [0.2, 0.25) is 5.91 Å². The number of carbonyl (C=O) groups excluding carboxylic acids is 1. The molecule has 4 heteroatoms. The van der Waals surface area contributed by atoms with Gasteiger partial charge in [-0.05, 0) is 38.0 Å². The van der Waals surface area contributed by atoms with Gasteiger partial charge in [0.05, 0.1) is 5.92 Å². The number of amides is 1. The standard InChI is InChI=1S/C15H25NO3/c17-14(9-11-5-3-1-2-4-6-11)16-13-8-7-12(10-13)15(18)19/h11-13H,1-10H2,(H,16,17)(H,18,19)/t12-,13+/m1/s1. The molecule has 0 saturated heterocycles. The summed E-state index contributed by atoms with van der Waals surface area (Å²) in [6.45, 7) is 0. The molecule has 2 rings (SSSR count). The van der Waals surface area contributed by atoms with E-state index in [2.05, 4.69) is 5.32 Å². The van der Waals surface area contributed by atoms with Crippen LogP contribution >= 0.6 is 0 Å². The average molecular weight is 267 g/mol. The molecule has 1 amide bonds. The van der Waals surface area contributed by atoms with Crippen molar-refractivity contribution in [3.63, 3.8) is 0 Å². The molecular weight excluding hydrogens is 242 g/mol. The smallest absolute Gasteiger partial charge is 0.306 e. The highest BCUT2D eigenvalue weighted by Gasteiger charge is 2.30. The minimum Gasteiger partial charge on any atom is -0.481 e. The van der Waals surface area contributed by atoms with Crippen LogP contribution in [0.2, 0.25) is 0 Å². The zero-order chi connectivity index (χ0) is 13.7. The summed E-state index contributed by atoms with van der Waals surface area (Å²) in [6, 6.07) is 0.0828. The van der Waals surface area contributed by atoms with E-state index in [1.165, 1.54) is 38.5 Å². The first-order chi connectivity index (χ1) is 9.15. The number of nitrogens with one attached hydrogen (secondary N) is 1. The molecule has 2 saturated carbocycles. The Morgan fingerprint density at radius 1 is 1.00 bits per heavy atom. The predicted molar refractivity (Wildman–Crippen MR) is 72.7 cm³/mol. The highest BCUT2D eigenvalue weighted by atomic mass is 16.4. The topological polar surface area (TPSA) is 66.4 Å². The Balaban J connectivity index is 1.71. The van der Waals surface area contributed by atoms with E-state index in [0.717, 1.165) is 6.42 Å². The Morgan fingerprint density at radius 3 is 2.26 bits per heavy atom. The molecule has 2 N–H and O–H groups in total. The fourth-order valence-corrected chi connectivity index (χ4v) is 3.45. The molecule has 0 unspecified atom stereocenters. The minimum absolute atomic E-state index is 0.0828. The normalized spacial score (nSPS) is 28.8. The Morgan fingerprint density at radius 2 is 1.68 bits per heavy atom. The van der Waals surface area contributed by atoms with Gasteiger partial charge >= 0.3 is 5.97 Å². The lowest BCUT2D eigenvalue weighted by molar-refractivity contribution is -0.141. The lowest BCUT2D eigenvalue weighted by Gasteiger charge is -2.17. The maximum atomic E-state index is 12.0. The summed E-state index contributed by atoms with van der Waals surface area (Å²) < 4.78 is 0. The van der Waals surface area contributed by atoms with Gasteiger partial charge in [0.1, 0.15) is 0 Å². The molecule has 19 heavy (non-hydrogen) atoms. The van der Waals surface area contributed by atoms with Crippen molar-refractivity contribution in [1.82, 2.24) is 5.32 Å². The summed E-state index contributed by atoms with van der Waals surface area (Å²) in [4.78, 5) is 22.9. The summed E-state index contributed by atoms with van der Waals surface area (Å²) in [5.41, 5.74) is 0. The van der Waals surface area contributed by atoms with Gasteiger partial charge in [-0.1, -0.05) is 25.7 Å². The number of carboxylic acid groups (broad SMARTS) is 1. The highest BCUT2D eigenvalue weighted by Crippen LogP contribution is 2.27. The summed E-state index contributed by atoms with van der Waals surface area (Å²) in [6.07, 6.45) is 10.2. The van der Waals surface area contributed by atoms with Crippen LogP contribution < -0.4 is 5.32 Å². The first-order valence-electron chi connectivity index (χ1n) is 7.67. The van der Waals surface area contributed by atoms with Crippen molar-refractivity contribution in [2.45, 2.75) is 70.3 Å². The number of carboxylic acids is 1. The highest BCUT2D eigenvalue weighted by molar-refractivity contribution is 5.77. The maximum Gasteiger partial charge on any atom is 0.306 e. The molecule has 0 bridgehead atoms. The van der Waals surface area contributed by atoms with E-state index in [0.29, 0.717) is 25.2 Å². The zero-order valence-corrected chi connectivity index (χ0v) is 11.6. The van der Waals surface area contributed by atoms with Gasteiger partial charge < -0.3 is 10.4 Å². The van der Waals surface area contributed by atoms with Crippen LogP contribution in [-0.4, -0.2) is 23.0 Å². The molecule has 2 aliphatic carbocycles. The van der Waals surface area contributed by atoms with Crippen molar-refractivity contribution in [3.8, 4) is 0 Å². The van der Waals surface area contributed by atoms with E-state index in [9.17, 15) is 9.59 Å². The van der Waals surface area contributed by atoms with Gasteiger partial charge in [0.15, 0.2) is 0 Å². The number of rotatable bonds is 4. The summed E-state index contributed by atoms with van der Waals surface area (Å²) in [5.74, 6) is -0.314. The van der Waals surface area contributed by atoms with E-state index in [1.807, 2.05) is 0 Å². The third-order valence-electron chi connectivity index (χ3n) is 4.60. The first-order valence-corrected chi connectivity index (χ1v) is 7.67. The van der Waals surface area contributed by atoms with Crippen LogP contribution in [0, 0.1) is 11.8 Å². The third-order valence-corrected chi connectivity index (χ3v) is 4.60. The summed E-state index contributed by atoms with van der Waals surface area (Å²) >= 11 is 0. The van der Waals surface area contributed by atoms with E-state index in [1.54, 1.807) is 0 Å². The van der Waals surface area contributed by atoms with Crippen molar-refractivity contribution in [3.05, 3.63) is 0 Å². The average Bonchev–Trinajstić information content (AvgIpc) is 2.67. The zero-order valence-electron chi connectivity index (χ0n) is 11.6. The molecule has 0 heterocycles. The fourth-order valence-electron chi connectivity index (χ4n) is 3.45. The van der Waals surface area contributed by atoms with Crippen molar-refractivity contribution >= 4 is 11.9 Å². The molecule has 0 aliphatic heterocycles. The van der Waals surface area contributed by atoms with E-state index < -0.39 is 5.97 Å². The quantitative estimate of drug-likeness (QED) is 0.770. The summed E-state index contributed by atoms with van der Waals surface area (Å²) in [5, 5.41) is 12.0. The molecule has 0 radical (unpaired) electrons. The number of hydrogen-bond acceptors (Lipinski definition) is 2. The van der Waals surface area contributed by atoms with Crippen LogP contribution in [-0.2, 0) is 9.59 Å². The second-order valence-corrected chi connectivity index (χ2v) is 6.17. The Bertz CT molecular complexity index is 321.